The van der Waals surface area contributed by atoms with E-state index in [9.17, 15) is 12.8 Å². The van der Waals surface area contributed by atoms with Crippen LogP contribution in [0.15, 0.2) is 24.3 Å². The Morgan fingerprint density at radius 3 is 2.16 bits per heavy atom. The molecule has 2 rings (SSSR count). The second kappa shape index (κ2) is 5.21. The zero-order valence-corrected chi connectivity index (χ0v) is 12.3. The van der Waals surface area contributed by atoms with E-state index in [2.05, 4.69) is 0 Å². The van der Waals surface area contributed by atoms with Crippen molar-refractivity contribution in [3.8, 4) is 0 Å². The van der Waals surface area contributed by atoms with Gasteiger partial charge in [-0.05, 0) is 36.5 Å². The minimum absolute atomic E-state index is 0.129. The molecule has 0 heterocycles. The second-order valence-electron chi connectivity index (χ2n) is 5.50. The van der Waals surface area contributed by atoms with E-state index in [0.29, 0.717) is 0 Å². The first kappa shape index (κ1) is 14.5. The lowest BCUT2D eigenvalue weighted by atomic mass is 9.96. The molecule has 3 nitrogen and oxygen atoms in total. The van der Waals surface area contributed by atoms with Crippen LogP contribution in [-0.4, -0.2) is 25.0 Å². The summed E-state index contributed by atoms with van der Waals surface area (Å²) in [7, 11) is -1.60. The molecule has 1 aromatic rings. The largest absolute Gasteiger partial charge is 0.217 e. The van der Waals surface area contributed by atoms with Gasteiger partial charge in [-0.15, -0.1) is 0 Å². The third-order valence-electron chi connectivity index (χ3n) is 3.58. The summed E-state index contributed by atoms with van der Waals surface area (Å²) in [6, 6.07) is 5.84. The highest BCUT2D eigenvalue weighted by Gasteiger charge is 2.41. The number of hydrogen-bond acceptors (Lipinski definition) is 2. The Balaban J connectivity index is 2.32. The molecule has 19 heavy (non-hydrogen) atoms. The van der Waals surface area contributed by atoms with Crippen molar-refractivity contribution in [3.63, 3.8) is 0 Å². The molecule has 0 N–H and O–H groups in total. The number of nitrogens with zero attached hydrogens (tertiary/aromatic N) is 1. The SMILES string of the molecule is CC(C)[C@H](c1ccc(F)cc1)N(C)S(=O)(=O)C1CC1. The molecule has 106 valence electrons. The Kier molecular flexibility index (Phi) is 3.97. The lowest BCUT2D eigenvalue weighted by Crippen LogP contribution is -2.36. The second-order valence-corrected chi connectivity index (χ2v) is 7.77. The highest BCUT2D eigenvalue weighted by atomic mass is 32.2. The van der Waals surface area contributed by atoms with Crippen LogP contribution in [0.25, 0.3) is 0 Å². The third-order valence-corrected chi connectivity index (χ3v) is 5.93. The minimum Gasteiger partial charge on any atom is -0.212 e. The first-order chi connectivity index (χ1) is 8.84. The highest BCUT2D eigenvalue weighted by Crippen LogP contribution is 2.37. The van der Waals surface area contributed by atoms with Gasteiger partial charge in [-0.1, -0.05) is 26.0 Å². The molecular weight excluding hydrogens is 265 g/mol. The average Bonchev–Trinajstić information content (AvgIpc) is 3.15. The number of sulfonamides is 1. The van der Waals surface area contributed by atoms with Crippen LogP contribution in [0.2, 0.25) is 0 Å². The van der Waals surface area contributed by atoms with Crippen LogP contribution in [0.1, 0.15) is 38.3 Å². The van der Waals surface area contributed by atoms with Gasteiger partial charge < -0.3 is 0 Å². The van der Waals surface area contributed by atoms with Crippen molar-refractivity contribution in [2.24, 2.45) is 5.92 Å². The molecule has 0 aromatic heterocycles. The predicted molar refractivity (Wildman–Crippen MR) is 73.7 cm³/mol. The molecule has 0 unspecified atom stereocenters. The van der Waals surface area contributed by atoms with Crippen LogP contribution in [0.4, 0.5) is 4.39 Å². The van der Waals surface area contributed by atoms with E-state index in [1.807, 2.05) is 13.8 Å². The molecule has 1 saturated carbocycles. The maximum atomic E-state index is 13.0. The van der Waals surface area contributed by atoms with Crippen molar-refractivity contribution in [2.75, 3.05) is 7.05 Å². The molecule has 1 aliphatic carbocycles. The standard InChI is InChI=1S/C14H20FNO2S/c1-10(2)14(11-4-6-12(15)7-5-11)16(3)19(17,18)13-8-9-13/h4-7,10,13-14H,8-9H2,1-3H3/t14-/m1/s1. The van der Waals surface area contributed by atoms with Crippen LogP contribution < -0.4 is 0 Å². The fourth-order valence-corrected chi connectivity index (χ4v) is 4.32. The zero-order valence-electron chi connectivity index (χ0n) is 11.5. The molecule has 0 bridgehead atoms. The lowest BCUT2D eigenvalue weighted by Gasteiger charge is -2.31. The summed E-state index contributed by atoms with van der Waals surface area (Å²) in [4.78, 5) is 0. The summed E-state index contributed by atoms with van der Waals surface area (Å²) in [6.45, 7) is 3.96. The van der Waals surface area contributed by atoms with E-state index in [0.717, 1.165) is 18.4 Å². The molecule has 0 aliphatic heterocycles. The van der Waals surface area contributed by atoms with Crippen molar-refractivity contribution in [3.05, 3.63) is 35.6 Å². The lowest BCUT2D eigenvalue weighted by molar-refractivity contribution is 0.300. The van der Waals surface area contributed by atoms with Gasteiger partial charge in [0.25, 0.3) is 0 Å². The molecule has 0 spiro atoms. The van der Waals surface area contributed by atoms with Gasteiger partial charge in [0.1, 0.15) is 5.82 Å². The Morgan fingerprint density at radius 1 is 1.21 bits per heavy atom. The summed E-state index contributed by atoms with van der Waals surface area (Å²) in [5.74, 6) is -0.178. The number of hydrogen-bond donors (Lipinski definition) is 0. The summed E-state index contributed by atoms with van der Waals surface area (Å²) in [5.41, 5.74) is 0.836. The van der Waals surface area contributed by atoms with E-state index in [4.69, 9.17) is 0 Å². The highest BCUT2D eigenvalue weighted by molar-refractivity contribution is 7.90. The Morgan fingerprint density at radius 2 is 1.74 bits per heavy atom. The van der Waals surface area contributed by atoms with Gasteiger partial charge >= 0.3 is 0 Å². The third kappa shape index (κ3) is 2.98. The molecule has 1 atom stereocenters. The van der Waals surface area contributed by atoms with E-state index in [-0.39, 0.29) is 23.0 Å². The van der Waals surface area contributed by atoms with Gasteiger partial charge in [-0.2, -0.15) is 4.31 Å². The molecule has 1 aromatic carbocycles. The molecule has 0 radical (unpaired) electrons. The topological polar surface area (TPSA) is 37.4 Å². The summed E-state index contributed by atoms with van der Waals surface area (Å²) >= 11 is 0. The van der Waals surface area contributed by atoms with Crippen molar-refractivity contribution < 1.29 is 12.8 Å². The van der Waals surface area contributed by atoms with Gasteiger partial charge in [0.15, 0.2) is 0 Å². The number of rotatable bonds is 5. The monoisotopic (exact) mass is 285 g/mol. The van der Waals surface area contributed by atoms with E-state index in [1.54, 1.807) is 19.2 Å². The Bertz CT molecular complexity index is 535. The summed E-state index contributed by atoms with van der Waals surface area (Å²) in [6.07, 6.45) is 1.50. The fraction of sp³-hybridized carbons (Fsp3) is 0.571. The predicted octanol–water partition coefficient (Wildman–Crippen LogP) is 2.95. The Labute approximate surface area is 114 Å². The van der Waals surface area contributed by atoms with Crippen molar-refractivity contribution >= 4 is 10.0 Å². The van der Waals surface area contributed by atoms with Crippen molar-refractivity contribution in [1.29, 1.82) is 0 Å². The minimum atomic E-state index is -3.23. The normalized spacial score (nSPS) is 18.0. The molecule has 1 fully saturated rings. The zero-order chi connectivity index (χ0) is 14.2. The summed E-state index contributed by atoms with van der Waals surface area (Å²) < 4.78 is 39.1. The van der Waals surface area contributed by atoms with Crippen LogP contribution in [0, 0.1) is 11.7 Å². The number of benzene rings is 1. The fourth-order valence-electron chi connectivity index (χ4n) is 2.43. The van der Waals surface area contributed by atoms with E-state index < -0.39 is 10.0 Å². The van der Waals surface area contributed by atoms with Crippen LogP contribution >= 0.6 is 0 Å². The molecule has 0 amide bonds. The van der Waals surface area contributed by atoms with Crippen LogP contribution in [-0.2, 0) is 10.0 Å². The number of halogens is 1. The Hall–Kier alpha value is -0.940. The maximum Gasteiger partial charge on any atom is 0.217 e. The molecule has 1 aliphatic rings. The van der Waals surface area contributed by atoms with Gasteiger partial charge in [0.2, 0.25) is 10.0 Å². The van der Waals surface area contributed by atoms with E-state index >= 15 is 0 Å². The maximum absolute atomic E-state index is 13.0. The quantitative estimate of drug-likeness (QED) is 0.834. The van der Waals surface area contributed by atoms with E-state index in [1.165, 1.54) is 16.4 Å². The van der Waals surface area contributed by atoms with Crippen LogP contribution in [0.5, 0.6) is 0 Å². The van der Waals surface area contributed by atoms with Gasteiger partial charge in [0.05, 0.1) is 11.3 Å². The van der Waals surface area contributed by atoms with Crippen molar-refractivity contribution in [2.45, 2.75) is 38.0 Å². The molecular formula is C14H20FNO2S. The van der Waals surface area contributed by atoms with Crippen molar-refractivity contribution in [1.82, 2.24) is 4.31 Å². The van der Waals surface area contributed by atoms with Crippen LogP contribution in [0.3, 0.4) is 0 Å². The smallest absolute Gasteiger partial charge is 0.212 e. The van der Waals surface area contributed by atoms with Gasteiger partial charge in [0, 0.05) is 7.05 Å². The summed E-state index contributed by atoms with van der Waals surface area (Å²) in [5, 5.41) is -0.223. The average molecular weight is 285 g/mol. The van der Waals surface area contributed by atoms with Gasteiger partial charge in [-0.3, -0.25) is 0 Å². The molecule has 5 heteroatoms. The first-order valence-electron chi connectivity index (χ1n) is 6.56. The molecule has 0 saturated heterocycles. The van der Waals surface area contributed by atoms with Gasteiger partial charge in [-0.25, -0.2) is 12.8 Å². The first-order valence-corrected chi connectivity index (χ1v) is 8.06.